The maximum Gasteiger partial charge on any atom is 0.315 e. The summed E-state index contributed by atoms with van der Waals surface area (Å²) in [6.07, 6.45) is 5.66. The average molecular weight is 830 g/mol. The van der Waals surface area contributed by atoms with Gasteiger partial charge in [0.2, 0.25) is 29.2 Å². The lowest BCUT2D eigenvalue weighted by Crippen LogP contribution is -2.65. The molecule has 0 unspecified atom stereocenters. The van der Waals surface area contributed by atoms with Crippen LogP contribution in [0.3, 0.4) is 0 Å². The van der Waals surface area contributed by atoms with E-state index in [0.29, 0.717) is 25.7 Å². The van der Waals surface area contributed by atoms with Crippen molar-refractivity contribution in [2.75, 3.05) is 26.2 Å². The molecule has 3 aliphatic carbocycles. The number of nitrogens with zero attached hydrogens (tertiary/aromatic N) is 4. The molecule has 6 fully saturated rings. The topological polar surface area (TPSA) is 182 Å². The summed E-state index contributed by atoms with van der Waals surface area (Å²) in [6.45, 7) is 29.0. The predicted molar refractivity (Wildman–Crippen MR) is 220 cm³/mol. The standard InChI is InChI=1S/C42H68N8O7S/c1-13-41(43-12)24-42(41,35(55)47-58(56,57)48-20-14-15-21-48)46-32(52)28-23-40(38(10,11)39(40)18-16-19-39)25-50(28)34(54)30(37(7,8)9)45-33(53)29(36(4,5)6)44-31(51)27-17-22-49(27)26(2)3/h12,26-30H,13-25H2,1-11H3,(H3-,44,45,46,47,51,52,53,55)/p+1/t27-,28+,29-,30-,40-,41+,42+/m1/s1. The summed E-state index contributed by atoms with van der Waals surface area (Å²) in [6, 6.07) is -3.23. The van der Waals surface area contributed by atoms with E-state index in [1.807, 2.05) is 55.4 Å². The van der Waals surface area contributed by atoms with Gasteiger partial charge in [-0.2, -0.15) is 12.7 Å². The summed E-state index contributed by atoms with van der Waals surface area (Å²) >= 11 is 0. The van der Waals surface area contributed by atoms with Gasteiger partial charge >= 0.3 is 15.7 Å². The highest BCUT2D eigenvalue weighted by molar-refractivity contribution is 7.87. The first kappa shape index (κ1) is 44.3. The van der Waals surface area contributed by atoms with Crippen molar-refractivity contribution in [3.8, 4) is 6.57 Å². The molecule has 0 bridgehead atoms. The van der Waals surface area contributed by atoms with E-state index >= 15 is 4.79 Å². The second-order valence-electron chi connectivity index (χ2n) is 21.2. The van der Waals surface area contributed by atoms with E-state index in [2.05, 4.69) is 44.3 Å². The first-order chi connectivity index (χ1) is 26.7. The number of carbonyl (C=O) groups is 5. The van der Waals surface area contributed by atoms with Gasteiger partial charge in [-0.15, -0.1) is 0 Å². The number of rotatable bonds is 12. The average Bonchev–Trinajstić information content (AvgIpc) is 3.48. The Balaban J connectivity index is 1.30. The lowest BCUT2D eigenvalue weighted by atomic mass is 9.73. The fraction of sp³-hybridized carbons (Fsp3) is 0.857. The lowest BCUT2D eigenvalue weighted by Gasteiger charge is -2.44. The van der Waals surface area contributed by atoms with E-state index in [1.165, 1.54) is 4.31 Å². The molecule has 6 rings (SSSR count). The van der Waals surface area contributed by atoms with Crippen LogP contribution >= 0.6 is 0 Å². The molecule has 0 radical (unpaired) electrons. The quantitative estimate of drug-likeness (QED) is 0.232. The summed E-state index contributed by atoms with van der Waals surface area (Å²) in [5.41, 5.74) is -5.13. The minimum Gasteiger partial charge on any atom is -0.342 e. The third-order valence-corrected chi connectivity index (χ3v) is 17.1. The SMILES string of the molecule is C#[N+][C@@]1(CC)C[C@]1(NC(=O)[C@@H]1C[C@@]2(CN1C(=O)[C@@H](NC(=O)[C@@H](NC(=O)[C@H]1CCN1C(C)C)C(C)(C)C)C(C)(C)C)C(C)(C)C21CCC1)C(=O)NS(=O)(=O)N1CCCC1. The van der Waals surface area contributed by atoms with Gasteiger partial charge in [-0.3, -0.25) is 28.9 Å². The summed E-state index contributed by atoms with van der Waals surface area (Å²) in [5.74, 6) is -2.66. The fourth-order valence-electron chi connectivity index (χ4n) is 11.4. The molecule has 4 N–H and O–H groups in total. The molecule has 0 aromatic rings. The molecule has 0 aromatic carbocycles. The number of likely N-dealkylation sites (tertiary alicyclic amines) is 2. The van der Waals surface area contributed by atoms with Crippen molar-refractivity contribution >= 4 is 39.7 Å². The van der Waals surface area contributed by atoms with Crippen LogP contribution in [0.15, 0.2) is 0 Å². The normalized spacial score (nSPS) is 32.4. The van der Waals surface area contributed by atoms with Crippen LogP contribution in [0.5, 0.6) is 0 Å². The van der Waals surface area contributed by atoms with Crippen LogP contribution in [0.1, 0.15) is 134 Å². The second kappa shape index (κ2) is 14.4. The first-order valence-electron chi connectivity index (χ1n) is 21.4. The van der Waals surface area contributed by atoms with Crippen molar-refractivity contribution in [3.63, 3.8) is 0 Å². The molecule has 3 saturated heterocycles. The van der Waals surface area contributed by atoms with E-state index in [0.717, 1.165) is 25.8 Å². The fourth-order valence-corrected chi connectivity index (χ4v) is 12.7. The zero-order chi connectivity index (χ0) is 43.2. The van der Waals surface area contributed by atoms with Gasteiger partial charge in [0.25, 0.3) is 12.5 Å². The van der Waals surface area contributed by atoms with Crippen molar-refractivity contribution < 1.29 is 32.4 Å². The Hall–Kier alpha value is -3.29. The van der Waals surface area contributed by atoms with Crippen LogP contribution in [0.4, 0.5) is 0 Å². The van der Waals surface area contributed by atoms with Gasteiger partial charge in [0.05, 0.1) is 12.5 Å². The number of hydrogen-bond acceptors (Lipinski definition) is 8. The minimum absolute atomic E-state index is 0.00228. The molecule has 3 saturated carbocycles. The van der Waals surface area contributed by atoms with E-state index in [-0.39, 0.29) is 66.7 Å². The minimum atomic E-state index is -4.19. The van der Waals surface area contributed by atoms with E-state index in [9.17, 15) is 27.6 Å². The summed E-state index contributed by atoms with van der Waals surface area (Å²) in [7, 11) is -4.19. The Morgan fingerprint density at radius 3 is 1.88 bits per heavy atom. The van der Waals surface area contributed by atoms with Gasteiger partial charge in [0.1, 0.15) is 18.1 Å². The van der Waals surface area contributed by atoms with Crippen molar-refractivity contribution in [1.29, 1.82) is 0 Å². The Bertz CT molecular complexity index is 1870. The van der Waals surface area contributed by atoms with E-state index in [4.69, 9.17) is 6.57 Å². The summed E-state index contributed by atoms with van der Waals surface area (Å²) in [5, 5.41) is 8.97. The van der Waals surface area contributed by atoms with Crippen LogP contribution < -0.4 is 20.7 Å². The van der Waals surface area contributed by atoms with Crippen molar-refractivity contribution in [3.05, 3.63) is 4.85 Å². The lowest BCUT2D eigenvalue weighted by molar-refractivity contribution is -0.146. The van der Waals surface area contributed by atoms with Gasteiger partial charge in [0, 0.05) is 44.1 Å². The molecule has 3 aliphatic heterocycles. The van der Waals surface area contributed by atoms with Crippen LogP contribution in [0, 0.1) is 33.6 Å². The predicted octanol–water partition coefficient (Wildman–Crippen LogP) is 3.16. The molecule has 3 heterocycles. The van der Waals surface area contributed by atoms with E-state index in [1.54, 1.807) is 11.8 Å². The van der Waals surface area contributed by atoms with Crippen LogP contribution in [-0.2, 0) is 34.2 Å². The smallest absolute Gasteiger partial charge is 0.315 e. The zero-order valence-electron chi connectivity index (χ0n) is 36.7. The molecule has 0 aromatic heterocycles. The number of hydrogen-bond donors (Lipinski definition) is 4. The molecule has 7 atom stereocenters. The Morgan fingerprint density at radius 1 is 0.845 bits per heavy atom. The summed E-state index contributed by atoms with van der Waals surface area (Å²) in [4.78, 5) is 79.8. The van der Waals surface area contributed by atoms with Gasteiger partial charge in [-0.1, -0.05) is 73.6 Å². The third-order valence-electron chi connectivity index (χ3n) is 15.6. The maximum atomic E-state index is 15.2. The van der Waals surface area contributed by atoms with Gasteiger partial charge in [0.15, 0.2) is 0 Å². The second-order valence-corrected chi connectivity index (χ2v) is 22.9. The molecule has 16 heteroatoms. The number of fused-ring (bicyclic) bond motifs is 1. The maximum absolute atomic E-state index is 15.2. The molecule has 324 valence electrons. The Morgan fingerprint density at radius 2 is 1.45 bits per heavy atom. The highest BCUT2D eigenvalue weighted by Gasteiger charge is 2.86. The van der Waals surface area contributed by atoms with Crippen molar-refractivity contribution in [1.82, 2.24) is 34.8 Å². The van der Waals surface area contributed by atoms with Gasteiger partial charge < -0.3 is 20.9 Å². The summed E-state index contributed by atoms with van der Waals surface area (Å²) < 4.78 is 30.0. The third kappa shape index (κ3) is 6.73. The molecule has 6 aliphatic rings. The van der Waals surface area contributed by atoms with Crippen LogP contribution in [0.2, 0.25) is 0 Å². The van der Waals surface area contributed by atoms with Gasteiger partial charge in [-0.05, 0) is 74.0 Å². The Kier molecular flexibility index (Phi) is 11.0. The number of nitrogens with one attached hydrogen (secondary N) is 4. The van der Waals surface area contributed by atoms with E-state index < -0.39 is 73.9 Å². The van der Waals surface area contributed by atoms with Gasteiger partial charge in [-0.25, -0.2) is 4.72 Å². The van der Waals surface area contributed by atoms with Crippen LogP contribution in [-0.4, -0.2) is 120 Å². The zero-order valence-corrected chi connectivity index (χ0v) is 37.5. The van der Waals surface area contributed by atoms with Crippen molar-refractivity contribution in [2.24, 2.45) is 27.1 Å². The first-order valence-corrected chi connectivity index (χ1v) is 22.9. The monoisotopic (exact) mass is 830 g/mol. The van der Waals surface area contributed by atoms with Crippen LogP contribution in [0.25, 0.3) is 4.85 Å². The molecule has 2 spiro atoms. The molecular formula is C42H69N8O7S+. The largest absolute Gasteiger partial charge is 0.342 e. The highest BCUT2D eigenvalue weighted by Crippen LogP contribution is 2.88. The molecular weight excluding hydrogens is 761 g/mol. The molecule has 15 nitrogen and oxygen atoms in total. The van der Waals surface area contributed by atoms with Crippen molar-refractivity contribution in [2.45, 2.75) is 175 Å². The Labute approximate surface area is 345 Å². The molecule has 58 heavy (non-hydrogen) atoms. The number of carbonyl (C=O) groups excluding carboxylic acids is 5. The number of amides is 5. The molecule has 5 amide bonds. The highest BCUT2D eigenvalue weighted by atomic mass is 32.2.